The van der Waals surface area contributed by atoms with Crippen LogP contribution in [0.2, 0.25) is 0 Å². The molecule has 1 aliphatic rings. The van der Waals surface area contributed by atoms with Crippen LogP contribution in [0.25, 0.3) is 10.9 Å². The Bertz CT molecular complexity index is 642. The highest BCUT2D eigenvalue weighted by Gasteiger charge is 2.14. The number of benzene rings is 1. The van der Waals surface area contributed by atoms with E-state index in [-0.39, 0.29) is 18.8 Å². The van der Waals surface area contributed by atoms with E-state index in [0.717, 1.165) is 24.3 Å². The Balaban J connectivity index is 0.000000615. The number of carbonyl (C=O) groups is 1. The maximum Gasteiger partial charge on any atom is 0.204 e. The van der Waals surface area contributed by atoms with Crippen LogP contribution >= 0.6 is 12.4 Å². The van der Waals surface area contributed by atoms with Crippen molar-refractivity contribution in [3.8, 4) is 0 Å². The second-order valence-corrected chi connectivity index (χ2v) is 5.57. The van der Waals surface area contributed by atoms with Crippen molar-refractivity contribution in [1.82, 2.24) is 10.3 Å². The topological polar surface area (TPSA) is 80.0 Å². The molecule has 0 aliphatic carbocycles. The molecular formula is C17H25ClN4O. The molecule has 0 spiro atoms. The van der Waals surface area contributed by atoms with Crippen molar-refractivity contribution in [3.63, 3.8) is 0 Å². The first kappa shape index (κ1) is 19.2. The first-order valence-electron chi connectivity index (χ1n) is 7.65. The molecule has 2 heterocycles. The number of nitrogens with two attached hydrogens (primary N) is 1. The standard InChI is InChI=1S/C16H21N3.CH3NO.ClH/c1-11-10-14-15(18-12(11)2)4-3-5-16(14)19-13-6-8-17-9-7-13;2-1-3;/h3-5,10,13,17,19H,6-9H2,1-2H3;1H,(H2,2,3);1H. The lowest BCUT2D eigenvalue weighted by Crippen LogP contribution is -2.35. The fourth-order valence-corrected chi connectivity index (χ4v) is 2.70. The number of aryl methyl sites for hydroxylation is 2. The van der Waals surface area contributed by atoms with Gasteiger partial charge in [-0.25, -0.2) is 0 Å². The quantitative estimate of drug-likeness (QED) is 0.736. The Morgan fingerprint density at radius 1 is 1.30 bits per heavy atom. The summed E-state index contributed by atoms with van der Waals surface area (Å²) in [6, 6.07) is 9.18. The van der Waals surface area contributed by atoms with Gasteiger partial charge < -0.3 is 16.4 Å². The lowest BCUT2D eigenvalue weighted by Gasteiger charge is -2.25. The summed E-state index contributed by atoms with van der Waals surface area (Å²) < 4.78 is 0. The summed E-state index contributed by atoms with van der Waals surface area (Å²) in [6.07, 6.45) is 2.63. The molecule has 4 N–H and O–H groups in total. The van der Waals surface area contributed by atoms with Gasteiger partial charge in [0.2, 0.25) is 6.41 Å². The summed E-state index contributed by atoms with van der Waals surface area (Å²) in [7, 11) is 0. The number of anilines is 1. The number of carbonyl (C=O) groups excluding carboxylic acids is 1. The van der Waals surface area contributed by atoms with Crippen LogP contribution in [0.15, 0.2) is 24.3 Å². The number of nitrogens with zero attached hydrogens (tertiary/aromatic N) is 1. The van der Waals surface area contributed by atoms with E-state index in [9.17, 15) is 0 Å². The molecule has 6 heteroatoms. The summed E-state index contributed by atoms with van der Waals surface area (Å²) in [4.78, 5) is 13.3. The minimum atomic E-state index is 0. The number of nitrogens with one attached hydrogen (secondary N) is 2. The molecule has 5 nitrogen and oxygen atoms in total. The molecule has 1 amide bonds. The molecule has 1 aromatic heterocycles. The summed E-state index contributed by atoms with van der Waals surface area (Å²) >= 11 is 0. The van der Waals surface area contributed by atoms with Gasteiger partial charge in [0.15, 0.2) is 0 Å². The fourth-order valence-electron chi connectivity index (χ4n) is 2.70. The monoisotopic (exact) mass is 336 g/mol. The van der Waals surface area contributed by atoms with Crippen LogP contribution < -0.4 is 16.4 Å². The Morgan fingerprint density at radius 3 is 2.61 bits per heavy atom. The predicted octanol–water partition coefficient (Wildman–Crippen LogP) is 2.54. The van der Waals surface area contributed by atoms with E-state index in [1.165, 1.54) is 29.5 Å². The Kier molecular flexibility index (Phi) is 7.78. The number of halogens is 1. The van der Waals surface area contributed by atoms with Gasteiger partial charge in [-0.1, -0.05) is 6.07 Å². The number of aromatic nitrogens is 1. The fraction of sp³-hybridized carbons (Fsp3) is 0.412. The highest BCUT2D eigenvalue weighted by molar-refractivity contribution is 5.92. The van der Waals surface area contributed by atoms with Gasteiger partial charge in [-0.05, 0) is 63.5 Å². The first-order valence-corrected chi connectivity index (χ1v) is 7.65. The second-order valence-electron chi connectivity index (χ2n) is 5.57. The van der Waals surface area contributed by atoms with E-state index in [2.05, 4.69) is 59.5 Å². The highest BCUT2D eigenvalue weighted by Crippen LogP contribution is 2.25. The number of rotatable bonds is 2. The average Bonchev–Trinajstić information content (AvgIpc) is 2.51. The third-order valence-electron chi connectivity index (χ3n) is 4.00. The normalized spacial score (nSPS) is 14.3. The van der Waals surface area contributed by atoms with Crippen LogP contribution in [0.1, 0.15) is 24.1 Å². The number of pyridine rings is 1. The summed E-state index contributed by atoms with van der Waals surface area (Å²) in [5.41, 5.74) is 8.85. The van der Waals surface area contributed by atoms with E-state index in [1.807, 2.05) is 0 Å². The Labute approximate surface area is 143 Å². The zero-order valence-corrected chi connectivity index (χ0v) is 14.5. The van der Waals surface area contributed by atoms with E-state index < -0.39 is 0 Å². The van der Waals surface area contributed by atoms with Crippen molar-refractivity contribution in [2.24, 2.45) is 5.73 Å². The van der Waals surface area contributed by atoms with Gasteiger partial charge in [-0.3, -0.25) is 9.78 Å². The largest absolute Gasteiger partial charge is 0.382 e. The van der Waals surface area contributed by atoms with Crippen LogP contribution in [0.3, 0.4) is 0 Å². The molecule has 0 atom stereocenters. The van der Waals surface area contributed by atoms with Crippen molar-refractivity contribution in [1.29, 1.82) is 0 Å². The first-order chi connectivity index (χ1) is 10.7. The van der Waals surface area contributed by atoms with Gasteiger partial charge >= 0.3 is 0 Å². The van der Waals surface area contributed by atoms with E-state index in [1.54, 1.807) is 0 Å². The lowest BCUT2D eigenvalue weighted by atomic mass is 10.0. The zero-order chi connectivity index (χ0) is 15.9. The predicted molar refractivity (Wildman–Crippen MR) is 98.2 cm³/mol. The molecule has 1 aliphatic heterocycles. The molecule has 0 radical (unpaired) electrons. The van der Waals surface area contributed by atoms with E-state index in [4.69, 9.17) is 4.79 Å². The molecule has 3 rings (SSSR count). The van der Waals surface area contributed by atoms with Gasteiger partial charge in [-0.15, -0.1) is 12.4 Å². The van der Waals surface area contributed by atoms with Crippen LogP contribution in [0, 0.1) is 13.8 Å². The van der Waals surface area contributed by atoms with Crippen molar-refractivity contribution in [2.45, 2.75) is 32.7 Å². The molecule has 0 saturated carbocycles. The number of piperidine rings is 1. The molecule has 1 aromatic carbocycles. The Morgan fingerprint density at radius 2 is 1.96 bits per heavy atom. The van der Waals surface area contributed by atoms with Crippen LogP contribution in [-0.2, 0) is 4.79 Å². The third-order valence-corrected chi connectivity index (χ3v) is 4.00. The van der Waals surface area contributed by atoms with Crippen molar-refractivity contribution >= 4 is 35.4 Å². The maximum atomic E-state index is 8.58. The maximum absolute atomic E-state index is 8.58. The van der Waals surface area contributed by atoms with Gasteiger partial charge in [0.25, 0.3) is 0 Å². The van der Waals surface area contributed by atoms with Gasteiger partial charge in [0.1, 0.15) is 0 Å². The van der Waals surface area contributed by atoms with Gasteiger partial charge in [-0.2, -0.15) is 0 Å². The minimum Gasteiger partial charge on any atom is -0.382 e. The zero-order valence-electron chi connectivity index (χ0n) is 13.6. The average molecular weight is 337 g/mol. The number of fused-ring (bicyclic) bond motifs is 1. The smallest absolute Gasteiger partial charge is 0.204 e. The second kappa shape index (κ2) is 9.33. The highest BCUT2D eigenvalue weighted by atomic mass is 35.5. The molecule has 1 fully saturated rings. The van der Waals surface area contributed by atoms with Crippen LogP contribution in [0.4, 0.5) is 5.69 Å². The van der Waals surface area contributed by atoms with Crippen LogP contribution in [0.5, 0.6) is 0 Å². The number of amides is 1. The molecule has 0 bridgehead atoms. The summed E-state index contributed by atoms with van der Waals surface area (Å²) in [5, 5.41) is 8.33. The summed E-state index contributed by atoms with van der Waals surface area (Å²) in [6.45, 7) is 6.42. The lowest BCUT2D eigenvalue weighted by molar-refractivity contribution is -0.106. The molecule has 23 heavy (non-hydrogen) atoms. The Hall–Kier alpha value is -1.85. The minimum absolute atomic E-state index is 0. The number of hydrogen-bond donors (Lipinski definition) is 3. The van der Waals surface area contributed by atoms with E-state index >= 15 is 0 Å². The van der Waals surface area contributed by atoms with Gasteiger partial charge in [0, 0.05) is 22.8 Å². The van der Waals surface area contributed by atoms with Crippen molar-refractivity contribution < 1.29 is 4.79 Å². The van der Waals surface area contributed by atoms with Crippen LogP contribution in [-0.4, -0.2) is 30.5 Å². The molecule has 126 valence electrons. The van der Waals surface area contributed by atoms with Gasteiger partial charge in [0.05, 0.1) is 5.52 Å². The molecule has 1 saturated heterocycles. The van der Waals surface area contributed by atoms with Crippen molar-refractivity contribution in [2.75, 3.05) is 18.4 Å². The van der Waals surface area contributed by atoms with E-state index in [0.29, 0.717) is 6.04 Å². The summed E-state index contributed by atoms with van der Waals surface area (Å²) in [5.74, 6) is 0. The SMILES string of the molecule is Cc1cc2c(NC3CCNCC3)cccc2nc1C.Cl.NC=O. The molecular weight excluding hydrogens is 312 g/mol. The number of hydrogen-bond acceptors (Lipinski definition) is 4. The molecule has 0 unspecified atom stereocenters. The third kappa shape index (κ3) is 5.08. The van der Waals surface area contributed by atoms with Crippen molar-refractivity contribution in [3.05, 3.63) is 35.5 Å². The number of primary amides is 1. The molecule has 2 aromatic rings.